The van der Waals surface area contributed by atoms with Crippen LogP contribution in [0.4, 0.5) is 0 Å². The molecule has 19 heavy (non-hydrogen) atoms. The van der Waals surface area contributed by atoms with E-state index in [1.807, 2.05) is 0 Å². The summed E-state index contributed by atoms with van der Waals surface area (Å²) >= 11 is 0. The summed E-state index contributed by atoms with van der Waals surface area (Å²) in [5, 5.41) is 0. The van der Waals surface area contributed by atoms with Crippen LogP contribution in [0.2, 0.25) is 0 Å². The molecular weight excluding hydrogens is 238 g/mol. The second kappa shape index (κ2) is 3.85. The van der Waals surface area contributed by atoms with Gasteiger partial charge in [0.25, 0.3) is 0 Å². The molecule has 4 rings (SSSR count). The molecule has 0 aromatic rings. The van der Waals surface area contributed by atoms with E-state index in [4.69, 9.17) is 4.74 Å². The highest BCUT2D eigenvalue weighted by molar-refractivity contribution is 5.74. The van der Waals surface area contributed by atoms with Crippen LogP contribution in [0.5, 0.6) is 0 Å². The first-order valence-electron chi connectivity index (χ1n) is 7.79. The number of carbonyl (C=O) groups excluding carboxylic acids is 1. The number of piperidine rings is 1. The van der Waals surface area contributed by atoms with Crippen molar-refractivity contribution in [2.24, 2.45) is 5.92 Å². The number of carbonyl (C=O) groups is 1. The van der Waals surface area contributed by atoms with Gasteiger partial charge in [-0.15, -0.1) is 0 Å². The van der Waals surface area contributed by atoms with Crippen molar-refractivity contribution in [3.8, 4) is 0 Å². The van der Waals surface area contributed by atoms with Gasteiger partial charge < -0.3 is 9.64 Å². The zero-order chi connectivity index (χ0) is 13.1. The Labute approximate surface area is 115 Å². The summed E-state index contributed by atoms with van der Waals surface area (Å²) in [7, 11) is 0. The third-order valence-corrected chi connectivity index (χ3v) is 5.94. The van der Waals surface area contributed by atoms with E-state index >= 15 is 0 Å². The second-order valence-electron chi connectivity index (χ2n) is 7.00. The Hall–Kier alpha value is -0.830. The van der Waals surface area contributed by atoms with Crippen molar-refractivity contribution in [1.82, 2.24) is 4.90 Å². The first kappa shape index (κ1) is 12.0. The third kappa shape index (κ3) is 1.57. The maximum atomic E-state index is 12.2. The van der Waals surface area contributed by atoms with Gasteiger partial charge in [0.05, 0.1) is 12.6 Å². The molecule has 2 saturated heterocycles. The monoisotopic (exact) mass is 261 g/mol. The van der Waals surface area contributed by atoms with E-state index in [1.165, 1.54) is 38.5 Å². The van der Waals surface area contributed by atoms with Crippen molar-refractivity contribution in [3.05, 3.63) is 12.2 Å². The molecule has 3 unspecified atom stereocenters. The average molecular weight is 261 g/mol. The standard InChI is InChI=1S/C16H23NO2/c1-12(18)17-11-16-8-5-14(19-16)9-13(16)10-15(17)6-3-2-4-7-15/h5,8,13-14H,2-4,6-7,9-11H2,1H3. The van der Waals surface area contributed by atoms with E-state index in [9.17, 15) is 4.79 Å². The first-order chi connectivity index (χ1) is 9.14. The van der Waals surface area contributed by atoms with Crippen molar-refractivity contribution in [2.45, 2.75) is 69.1 Å². The second-order valence-corrected chi connectivity index (χ2v) is 7.00. The maximum Gasteiger partial charge on any atom is 0.220 e. The molecule has 1 saturated carbocycles. The van der Waals surface area contributed by atoms with Crippen LogP contribution in [0.1, 0.15) is 51.9 Å². The van der Waals surface area contributed by atoms with Crippen molar-refractivity contribution in [3.63, 3.8) is 0 Å². The summed E-state index contributed by atoms with van der Waals surface area (Å²) in [5.41, 5.74) is 0.0146. The number of rotatable bonds is 0. The number of hydrogen-bond donors (Lipinski definition) is 0. The number of nitrogens with zero attached hydrogens (tertiary/aromatic N) is 1. The highest BCUT2D eigenvalue weighted by Gasteiger charge is 2.59. The van der Waals surface area contributed by atoms with Crippen LogP contribution in [0.15, 0.2) is 12.2 Å². The van der Waals surface area contributed by atoms with Crippen LogP contribution >= 0.6 is 0 Å². The van der Waals surface area contributed by atoms with Gasteiger partial charge in [-0.25, -0.2) is 0 Å². The molecule has 3 heterocycles. The number of ether oxygens (including phenoxy) is 1. The zero-order valence-corrected chi connectivity index (χ0v) is 11.7. The Balaban J connectivity index is 1.69. The van der Waals surface area contributed by atoms with E-state index in [-0.39, 0.29) is 17.0 Å². The summed E-state index contributed by atoms with van der Waals surface area (Å²) in [6, 6.07) is 0. The maximum absolute atomic E-state index is 12.2. The lowest BCUT2D eigenvalue weighted by Gasteiger charge is -2.55. The molecule has 3 heteroatoms. The minimum atomic E-state index is -0.140. The number of likely N-dealkylation sites (tertiary alicyclic amines) is 1. The SMILES string of the molecule is CC(=O)N1CC23C=CC(CC2CC12CCCCC2)O3. The number of hydrogen-bond acceptors (Lipinski definition) is 2. The average Bonchev–Trinajstić information content (AvgIpc) is 2.94. The molecule has 4 aliphatic rings. The van der Waals surface area contributed by atoms with Crippen LogP contribution in [-0.2, 0) is 9.53 Å². The molecule has 3 aliphatic heterocycles. The van der Waals surface area contributed by atoms with Gasteiger partial charge in [0.1, 0.15) is 5.60 Å². The fourth-order valence-corrected chi connectivity index (χ4v) is 5.06. The van der Waals surface area contributed by atoms with Crippen molar-refractivity contribution < 1.29 is 9.53 Å². The molecule has 2 spiro atoms. The number of fused-ring (bicyclic) bond motifs is 1. The molecule has 104 valence electrons. The summed E-state index contributed by atoms with van der Waals surface area (Å²) in [4.78, 5) is 14.3. The molecule has 0 radical (unpaired) electrons. The van der Waals surface area contributed by atoms with Gasteiger partial charge in [0, 0.05) is 12.5 Å². The largest absolute Gasteiger partial charge is 0.361 e. The normalized spacial score (nSPS) is 42.7. The fourth-order valence-electron chi connectivity index (χ4n) is 5.06. The Morgan fingerprint density at radius 3 is 2.79 bits per heavy atom. The van der Waals surface area contributed by atoms with Gasteiger partial charge >= 0.3 is 0 Å². The predicted molar refractivity (Wildman–Crippen MR) is 72.7 cm³/mol. The number of amides is 1. The molecule has 0 N–H and O–H groups in total. The highest BCUT2D eigenvalue weighted by atomic mass is 16.5. The summed E-state index contributed by atoms with van der Waals surface area (Å²) in [6.45, 7) is 2.53. The Morgan fingerprint density at radius 2 is 2.11 bits per heavy atom. The zero-order valence-electron chi connectivity index (χ0n) is 11.7. The van der Waals surface area contributed by atoms with Gasteiger partial charge in [-0.05, 0) is 31.6 Å². The molecule has 2 bridgehead atoms. The molecular formula is C16H23NO2. The fraction of sp³-hybridized carbons (Fsp3) is 0.812. The van der Waals surface area contributed by atoms with Gasteiger partial charge in [0.2, 0.25) is 5.91 Å². The molecule has 1 amide bonds. The molecule has 3 fully saturated rings. The smallest absolute Gasteiger partial charge is 0.220 e. The quantitative estimate of drug-likeness (QED) is 0.627. The lowest BCUT2D eigenvalue weighted by atomic mass is 9.65. The van der Waals surface area contributed by atoms with Crippen molar-refractivity contribution >= 4 is 5.91 Å². The van der Waals surface area contributed by atoms with Gasteiger partial charge in [-0.3, -0.25) is 4.79 Å². The van der Waals surface area contributed by atoms with Crippen LogP contribution in [0, 0.1) is 5.92 Å². The van der Waals surface area contributed by atoms with E-state index < -0.39 is 0 Å². The van der Waals surface area contributed by atoms with Crippen LogP contribution < -0.4 is 0 Å². The highest BCUT2D eigenvalue weighted by Crippen LogP contribution is 2.54. The van der Waals surface area contributed by atoms with Crippen LogP contribution in [0.3, 0.4) is 0 Å². The topological polar surface area (TPSA) is 29.5 Å². The predicted octanol–water partition coefficient (Wildman–Crippen LogP) is 2.66. The van der Waals surface area contributed by atoms with Crippen LogP contribution in [0.25, 0.3) is 0 Å². The van der Waals surface area contributed by atoms with Crippen molar-refractivity contribution in [2.75, 3.05) is 6.54 Å². The molecule has 3 atom stereocenters. The molecule has 1 aliphatic carbocycles. The van der Waals surface area contributed by atoms with E-state index in [1.54, 1.807) is 6.92 Å². The van der Waals surface area contributed by atoms with Crippen LogP contribution in [-0.4, -0.2) is 34.6 Å². The lowest BCUT2D eigenvalue weighted by molar-refractivity contribution is -0.153. The molecule has 0 aromatic carbocycles. The van der Waals surface area contributed by atoms with Gasteiger partial charge in [-0.2, -0.15) is 0 Å². The summed E-state index contributed by atoms with van der Waals surface area (Å²) in [6.07, 6.45) is 13.4. The van der Waals surface area contributed by atoms with Gasteiger partial charge in [-0.1, -0.05) is 31.4 Å². The lowest BCUT2D eigenvalue weighted by Crippen LogP contribution is -2.64. The van der Waals surface area contributed by atoms with Crippen molar-refractivity contribution in [1.29, 1.82) is 0 Å². The first-order valence-corrected chi connectivity index (χ1v) is 7.79. The summed E-state index contributed by atoms with van der Waals surface area (Å²) in [5.74, 6) is 0.873. The molecule has 0 aromatic heterocycles. The summed E-state index contributed by atoms with van der Waals surface area (Å²) < 4.78 is 6.17. The van der Waals surface area contributed by atoms with E-state index in [2.05, 4.69) is 17.1 Å². The van der Waals surface area contributed by atoms with E-state index in [0.29, 0.717) is 12.0 Å². The minimum Gasteiger partial charge on any atom is -0.361 e. The molecule has 3 nitrogen and oxygen atoms in total. The van der Waals surface area contributed by atoms with E-state index in [0.717, 1.165) is 13.0 Å². The third-order valence-electron chi connectivity index (χ3n) is 5.94. The Kier molecular flexibility index (Phi) is 2.42. The Morgan fingerprint density at radius 1 is 1.32 bits per heavy atom. The van der Waals surface area contributed by atoms with Gasteiger partial charge in [0.15, 0.2) is 0 Å². The Bertz CT molecular complexity index is 438. The minimum absolute atomic E-state index is 0.140.